The SMILES string of the molecule is Cn1c(-c2ccc(OCCCN3CCCC3)cc2)nc2cc(NS(C)(=O)=O)ccc2c1=O. The van der Waals surface area contributed by atoms with Crippen molar-refractivity contribution in [2.45, 2.75) is 19.3 Å². The molecule has 32 heavy (non-hydrogen) atoms. The molecule has 1 N–H and O–H groups in total. The van der Waals surface area contributed by atoms with E-state index in [1.54, 1.807) is 25.2 Å². The van der Waals surface area contributed by atoms with E-state index in [0.29, 0.717) is 29.0 Å². The Labute approximate surface area is 187 Å². The van der Waals surface area contributed by atoms with Crippen molar-refractivity contribution in [3.8, 4) is 17.1 Å². The van der Waals surface area contributed by atoms with Crippen LogP contribution in [0.4, 0.5) is 5.69 Å². The smallest absolute Gasteiger partial charge is 0.261 e. The molecular weight excluding hydrogens is 428 g/mol. The predicted molar refractivity (Wildman–Crippen MR) is 127 cm³/mol. The summed E-state index contributed by atoms with van der Waals surface area (Å²) in [6, 6.07) is 12.2. The molecule has 3 aromatic rings. The molecule has 0 bridgehead atoms. The number of nitrogens with one attached hydrogen (secondary N) is 1. The van der Waals surface area contributed by atoms with Crippen molar-refractivity contribution in [3.63, 3.8) is 0 Å². The summed E-state index contributed by atoms with van der Waals surface area (Å²) in [5.41, 5.74) is 1.37. The Morgan fingerprint density at radius 2 is 1.81 bits per heavy atom. The Kier molecular flexibility index (Phi) is 6.48. The molecule has 0 spiro atoms. The molecule has 1 aromatic heterocycles. The van der Waals surface area contributed by atoms with Gasteiger partial charge in [0.05, 0.1) is 29.5 Å². The van der Waals surface area contributed by atoms with Crippen molar-refractivity contribution >= 4 is 26.6 Å². The van der Waals surface area contributed by atoms with Crippen molar-refractivity contribution in [2.24, 2.45) is 7.05 Å². The molecule has 8 nitrogen and oxygen atoms in total. The number of hydrogen-bond acceptors (Lipinski definition) is 6. The van der Waals surface area contributed by atoms with Crippen LogP contribution in [0.1, 0.15) is 19.3 Å². The molecule has 2 heterocycles. The van der Waals surface area contributed by atoms with Crippen LogP contribution in [0, 0.1) is 0 Å². The van der Waals surface area contributed by atoms with E-state index in [9.17, 15) is 13.2 Å². The Morgan fingerprint density at radius 3 is 2.50 bits per heavy atom. The average molecular weight is 457 g/mol. The lowest BCUT2D eigenvalue weighted by molar-refractivity contribution is 0.263. The zero-order valence-corrected chi connectivity index (χ0v) is 19.2. The number of anilines is 1. The lowest BCUT2D eigenvalue weighted by atomic mass is 10.1. The van der Waals surface area contributed by atoms with Gasteiger partial charge in [-0.25, -0.2) is 13.4 Å². The van der Waals surface area contributed by atoms with Gasteiger partial charge >= 0.3 is 0 Å². The molecule has 0 amide bonds. The lowest BCUT2D eigenvalue weighted by Gasteiger charge is -2.14. The second-order valence-corrected chi connectivity index (χ2v) is 9.93. The van der Waals surface area contributed by atoms with Gasteiger partial charge in [-0.15, -0.1) is 0 Å². The van der Waals surface area contributed by atoms with E-state index in [2.05, 4.69) is 14.6 Å². The Morgan fingerprint density at radius 1 is 1.09 bits per heavy atom. The van der Waals surface area contributed by atoms with Gasteiger partial charge in [0.15, 0.2) is 0 Å². The zero-order chi connectivity index (χ0) is 22.7. The van der Waals surface area contributed by atoms with Gasteiger partial charge < -0.3 is 9.64 Å². The van der Waals surface area contributed by atoms with Crippen molar-refractivity contribution < 1.29 is 13.2 Å². The number of fused-ring (bicyclic) bond motifs is 1. The number of likely N-dealkylation sites (tertiary alicyclic amines) is 1. The number of aromatic nitrogens is 2. The van der Waals surface area contributed by atoms with Crippen LogP contribution in [-0.2, 0) is 17.1 Å². The molecule has 0 atom stereocenters. The topological polar surface area (TPSA) is 93.5 Å². The van der Waals surface area contributed by atoms with E-state index in [0.717, 1.165) is 30.5 Å². The van der Waals surface area contributed by atoms with Crippen LogP contribution < -0.4 is 15.0 Å². The van der Waals surface area contributed by atoms with Crippen molar-refractivity contribution in [3.05, 3.63) is 52.8 Å². The number of nitrogens with zero attached hydrogens (tertiary/aromatic N) is 3. The molecular formula is C23H28N4O4S. The second-order valence-electron chi connectivity index (χ2n) is 8.18. The first kappa shape index (κ1) is 22.3. The van der Waals surface area contributed by atoms with Crippen LogP contribution in [0.3, 0.4) is 0 Å². The van der Waals surface area contributed by atoms with Crippen molar-refractivity contribution in [1.29, 1.82) is 0 Å². The molecule has 0 aliphatic carbocycles. The maximum absolute atomic E-state index is 12.8. The summed E-state index contributed by atoms with van der Waals surface area (Å²) < 4.78 is 32.8. The molecule has 1 aliphatic heterocycles. The van der Waals surface area contributed by atoms with Crippen LogP contribution in [0.25, 0.3) is 22.3 Å². The highest BCUT2D eigenvalue weighted by atomic mass is 32.2. The van der Waals surface area contributed by atoms with Crippen LogP contribution in [0.5, 0.6) is 5.75 Å². The summed E-state index contributed by atoms with van der Waals surface area (Å²) in [5.74, 6) is 1.28. The minimum absolute atomic E-state index is 0.196. The van der Waals surface area contributed by atoms with E-state index < -0.39 is 10.0 Å². The molecule has 2 aromatic carbocycles. The molecule has 0 saturated carbocycles. The van der Waals surface area contributed by atoms with Crippen molar-refractivity contribution in [1.82, 2.24) is 14.5 Å². The summed E-state index contributed by atoms with van der Waals surface area (Å²) in [6.45, 7) is 4.12. The maximum Gasteiger partial charge on any atom is 0.261 e. The van der Waals surface area contributed by atoms with Gasteiger partial charge in [0.25, 0.3) is 5.56 Å². The largest absolute Gasteiger partial charge is 0.494 e. The van der Waals surface area contributed by atoms with Gasteiger partial charge in [0, 0.05) is 19.2 Å². The Balaban J connectivity index is 1.51. The molecule has 9 heteroatoms. The fourth-order valence-corrected chi connectivity index (χ4v) is 4.55. The predicted octanol–water partition coefficient (Wildman–Crippen LogP) is 2.84. The van der Waals surface area contributed by atoms with Gasteiger partial charge in [-0.1, -0.05) is 0 Å². The quantitative estimate of drug-likeness (QED) is 0.524. The fourth-order valence-electron chi connectivity index (χ4n) is 3.99. The van der Waals surface area contributed by atoms with Gasteiger partial charge in [0.2, 0.25) is 10.0 Å². The summed E-state index contributed by atoms with van der Waals surface area (Å²) >= 11 is 0. The highest BCUT2D eigenvalue weighted by Crippen LogP contribution is 2.23. The third-order valence-electron chi connectivity index (χ3n) is 5.58. The fraction of sp³-hybridized carbons (Fsp3) is 0.391. The summed E-state index contributed by atoms with van der Waals surface area (Å²) in [6.07, 6.45) is 4.66. The number of sulfonamides is 1. The first-order chi connectivity index (χ1) is 15.3. The number of hydrogen-bond donors (Lipinski definition) is 1. The molecule has 0 unspecified atom stereocenters. The molecule has 0 radical (unpaired) electrons. The van der Waals surface area contributed by atoms with Crippen LogP contribution in [-0.4, -0.2) is 55.4 Å². The average Bonchev–Trinajstić information content (AvgIpc) is 3.27. The van der Waals surface area contributed by atoms with Crippen LogP contribution >= 0.6 is 0 Å². The third kappa shape index (κ3) is 5.28. The van der Waals surface area contributed by atoms with Crippen LogP contribution in [0.15, 0.2) is 47.3 Å². The minimum Gasteiger partial charge on any atom is -0.494 e. The number of ether oxygens (including phenoxy) is 1. The molecule has 1 saturated heterocycles. The Bertz CT molecular complexity index is 1260. The lowest BCUT2D eigenvalue weighted by Crippen LogP contribution is -2.21. The highest BCUT2D eigenvalue weighted by Gasteiger charge is 2.13. The second kappa shape index (κ2) is 9.30. The summed E-state index contributed by atoms with van der Waals surface area (Å²) in [4.78, 5) is 19.9. The number of benzene rings is 2. The standard InChI is InChI=1S/C23H28N4O4S/c1-26-22(24-21-16-18(25-32(2,29)30)8-11-20(21)23(26)28)17-6-9-19(10-7-17)31-15-5-14-27-12-3-4-13-27/h6-11,16,25H,3-5,12-15H2,1-2H3. The normalized spacial score (nSPS) is 14.7. The van der Waals surface area contributed by atoms with E-state index in [1.165, 1.54) is 30.5 Å². The first-order valence-corrected chi connectivity index (χ1v) is 12.6. The minimum atomic E-state index is -3.42. The van der Waals surface area contributed by atoms with E-state index in [1.807, 2.05) is 24.3 Å². The summed E-state index contributed by atoms with van der Waals surface area (Å²) in [5, 5.41) is 0.424. The van der Waals surface area contributed by atoms with E-state index in [-0.39, 0.29) is 5.56 Å². The molecule has 170 valence electrons. The van der Waals surface area contributed by atoms with E-state index >= 15 is 0 Å². The molecule has 1 fully saturated rings. The zero-order valence-electron chi connectivity index (χ0n) is 18.4. The maximum atomic E-state index is 12.8. The third-order valence-corrected chi connectivity index (χ3v) is 6.19. The first-order valence-electron chi connectivity index (χ1n) is 10.7. The highest BCUT2D eigenvalue weighted by molar-refractivity contribution is 7.92. The Hall–Kier alpha value is -2.91. The number of rotatable bonds is 8. The van der Waals surface area contributed by atoms with Crippen molar-refractivity contribution in [2.75, 3.05) is 37.2 Å². The van der Waals surface area contributed by atoms with Crippen LogP contribution in [0.2, 0.25) is 0 Å². The van der Waals surface area contributed by atoms with E-state index in [4.69, 9.17) is 4.74 Å². The van der Waals surface area contributed by atoms with Gasteiger partial charge in [0.1, 0.15) is 11.6 Å². The summed E-state index contributed by atoms with van der Waals surface area (Å²) in [7, 11) is -1.75. The van der Waals surface area contributed by atoms with Gasteiger partial charge in [-0.3, -0.25) is 14.1 Å². The van der Waals surface area contributed by atoms with Gasteiger partial charge in [-0.2, -0.15) is 0 Å². The van der Waals surface area contributed by atoms with Gasteiger partial charge in [-0.05, 0) is 74.8 Å². The monoisotopic (exact) mass is 456 g/mol. The molecule has 4 rings (SSSR count). The molecule has 1 aliphatic rings.